The van der Waals surface area contributed by atoms with E-state index in [-0.39, 0.29) is 24.8 Å². The fourth-order valence-electron chi connectivity index (χ4n) is 4.97. The van der Waals surface area contributed by atoms with E-state index in [0.29, 0.717) is 24.9 Å². The SMILES string of the molecule is Cc1ccnc2c1C1CCC(CC1)OC[C@H]1C(N=[N+]=[N-])CCN1C(C=O)CO2. The van der Waals surface area contributed by atoms with E-state index in [1.54, 1.807) is 6.20 Å². The Bertz CT molecular complexity index is 758. The van der Waals surface area contributed by atoms with E-state index in [1.807, 2.05) is 6.07 Å². The molecule has 2 bridgehead atoms. The highest BCUT2D eigenvalue weighted by Gasteiger charge is 2.39. The van der Waals surface area contributed by atoms with Crippen LogP contribution in [-0.2, 0) is 9.53 Å². The van der Waals surface area contributed by atoms with Crippen LogP contribution in [-0.4, -0.2) is 60.2 Å². The van der Waals surface area contributed by atoms with Crippen LogP contribution < -0.4 is 4.74 Å². The predicted octanol–water partition coefficient (Wildman–Crippen LogP) is 3.15. The third-order valence-electron chi connectivity index (χ3n) is 6.48. The molecule has 0 spiro atoms. The van der Waals surface area contributed by atoms with Gasteiger partial charge in [-0.1, -0.05) is 5.11 Å². The van der Waals surface area contributed by atoms with Crippen LogP contribution in [0.2, 0.25) is 0 Å². The molecule has 8 heteroatoms. The highest BCUT2D eigenvalue weighted by atomic mass is 16.5. The van der Waals surface area contributed by atoms with Crippen LogP contribution in [0.3, 0.4) is 0 Å². The van der Waals surface area contributed by atoms with Gasteiger partial charge in [0.05, 0.1) is 18.8 Å². The maximum absolute atomic E-state index is 11.9. The standard InChI is InChI=1S/C20H27N5O3/c1-13-6-8-22-20-19(13)14-2-4-16(5-3-14)27-12-18-17(23-24-21)7-9-25(18)15(10-26)11-28-20/h6,8,10,14-18H,2-5,7,9,11-12H2,1H3/t14?,15?,16?,17?,18-/m0/s1. The molecule has 1 saturated heterocycles. The summed E-state index contributed by atoms with van der Waals surface area (Å²) in [6, 6.07) is 1.34. The maximum atomic E-state index is 11.9. The van der Waals surface area contributed by atoms with E-state index < -0.39 is 6.04 Å². The van der Waals surface area contributed by atoms with Gasteiger partial charge in [-0.3, -0.25) is 4.90 Å². The molecule has 2 unspecified atom stereocenters. The van der Waals surface area contributed by atoms with Gasteiger partial charge in [0.25, 0.3) is 0 Å². The number of rotatable bonds is 2. The average molecular weight is 385 g/mol. The Morgan fingerprint density at radius 2 is 2.11 bits per heavy atom. The zero-order valence-electron chi connectivity index (χ0n) is 16.2. The molecule has 28 heavy (non-hydrogen) atoms. The zero-order chi connectivity index (χ0) is 19.5. The first-order chi connectivity index (χ1) is 13.7. The van der Waals surface area contributed by atoms with E-state index in [9.17, 15) is 4.79 Å². The van der Waals surface area contributed by atoms with E-state index in [0.717, 1.165) is 38.4 Å². The predicted molar refractivity (Wildman–Crippen MR) is 103 cm³/mol. The van der Waals surface area contributed by atoms with Crippen LogP contribution in [0, 0.1) is 6.92 Å². The lowest BCUT2D eigenvalue weighted by Gasteiger charge is -2.33. The first-order valence-corrected chi connectivity index (χ1v) is 10.2. The summed E-state index contributed by atoms with van der Waals surface area (Å²) in [4.78, 5) is 21.5. The molecular formula is C20H27N5O3. The number of aldehydes is 1. The topological polar surface area (TPSA) is 100 Å². The third-order valence-corrected chi connectivity index (χ3v) is 6.48. The lowest BCUT2D eigenvalue weighted by atomic mass is 9.81. The second-order valence-electron chi connectivity index (χ2n) is 8.03. The second kappa shape index (κ2) is 8.47. The van der Waals surface area contributed by atoms with Crippen molar-refractivity contribution in [1.82, 2.24) is 9.88 Å². The second-order valence-corrected chi connectivity index (χ2v) is 8.03. The summed E-state index contributed by atoms with van der Waals surface area (Å²) in [6.07, 6.45) is 7.70. The van der Waals surface area contributed by atoms with Crippen LogP contribution in [0.1, 0.15) is 49.1 Å². The molecule has 3 aliphatic heterocycles. The average Bonchev–Trinajstić information content (AvgIpc) is 3.10. The minimum Gasteiger partial charge on any atom is -0.475 e. The van der Waals surface area contributed by atoms with Gasteiger partial charge in [0.2, 0.25) is 5.88 Å². The van der Waals surface area contributed by atoms with Gasteiger partial charge in [-0.05, 0) is 68.7 Å². The van der Waals surface area contributed by atoms with E-state index >= 15 is 0 Å². The lowest BCUT2D eigenvalue weighted by molar-refractivity contribution is -0.114. The third kappa shape index (κ3) is 3.72. The fourth-order valence-corrected chi connectivity index (χ4v) is 4.97. The van der Waals surface area contributed by atoms with Crippen molar-refractivity contribution < 1.29 is 14.3 Å². The molecule has 1 saturated carbocycles. The highest BCUT2D eigenvalue weighted by Crippen LogP contribution is 2.40. The molecule has 4 aliphatic rings. The molecule has 1 aromatic rings. The molecule has 1 aromatic heterocycles. The normalized spacial score (nSPS) is 33.2. The van der Waals surface area contributed by atoms with E-state index in [4.69, 9.17) is 15.0 Å². The minimum atomic E-state index is -0.416. The van der Waals surface area contributed by atoms with Gasteiger partial charge in [0.1, 0.15) is 18.9 Å². The van der Waals surface area contributed by atoms with Crippen LogP contribution in [0.4, 0.5) is 0 Å². The number of carbonyl (C=O) groups is 1. The molecule has 0 N–H and O–H groups in total. The van der Waals surface area contributed by atoms with Crippen molar-refractivity contribution in [3.63, 3.8) is 0 Å². The summed E-state index contributed by atoms with van der Waals surface area (Å²) in [5, 5.41) is 3.96. The Morgan fingerprint density at radius 3 is 2.86 bits per heavy atom. The van der Waals surface area contributed by atoms with Gasteiger partial charge < -0.3 is 14.3 Å². The number of hydrogen-bond acceptors (Lipinski definition) is 6. The Morgan fingerprint density at radius 1 is 1.29 bits per heavy atom. The van der Waals surface area contributed by atoms with Gasteiger partial charge in [-0.2, -0.15) is 0 Å². The van der Waals surface area contributed by atoms with Crippen molar-refractivity contribution >= 4 is 6.29 Å². The van der Waals surface area contributed by atoms with Crippen molar-refractivity contribution in [3.8, 4) is 5.88 Å². The molecule has 3 atom stereocenters. The van der Waals surface area contributed by atoms with Gasteiger partial charge >= 0.3 is 0 Å². The number of carbonyl (C=O) groups excluding carboxylic acids is 1. The first-order valence-electron chi connectivity index (χ1n) is 10.2. The van der Waals surface area contributed by atoms with Crippen LogP contribution in [0.25, 0.3) is 10.4 Å². The number of aryl methyl sites for hydroxylation is 1. The summed E-state index contributed by atoms with van der Waals surface area (Å²) in [5.41, 5.74) is 11.3. The number of azide groups is 1. The molecule has 0 aromatic carbocycles. The number of nitrogens with zero attached hydrogens (tertiary/aromatic N) is 5. The highest BCUT2D eigenvalue weighted by molar-refractivity contribution is 5.58. The molecular weight excluding hydrogens is 358 g/mol. The van der Waals surface area contributed by atoms with Gasteiger partial charge in [0, 0.05) is 22.7 Å². The molecule has 5 rings (SSSR count). The van der Waals surface area contributed by atoms with Gasteiger partial charge in [-0.25, -0.2) is 4.98 Å². The Hall–Kier alpha value is -2.15. The van der Waals surface area contributed by atoms with Crippen molar-refractivity contribution in [2.24, 2.45) is 5.11 Å². The van der Waals surface area contributed by atoms with Gasteiger partial charge in [0.15, 0.2) is 0 Å². The van der Waals surface area contributed by atoms with Crippen molar-refractivity contribution in [2.45, 2.75) is 69.2 Å². The summed E-state index contributed by atoms with van der Waals surface area (Å²) in [6.45, 7) is 3.50. The Kier molecular flexibility index (Phi) is 5.80. The minimum absolute atomic E-state index is 0.0990. The quantitative estimate of drug-likeness (QED) is 0.337. The summed E-state index contributed by atoms with van der Waals surface area (Å²) >= 11 is 0. The fraction of sp³-hybridized carbons (Fsp3) is 0.700. The molecule has 0 amide bonds. The summed E-state index contributed by atoms with van der Waals surface area (Å²) in [5.74, 6) is 1.06. The van der Waals surface area contributed by atoms with E-state index in [1.165, 1.54) is 11.1 Å². The Labute approximate surface area is 164 Å². The van der Waals surface area contributed by atoms with Crippen molar-refractivity contribution in [1.29, 1.82) is 0 Å². The van der Waals surface area contributed by atoms with E-state index in [2.05, 4.69) is 26.8 Å². The molecule has 1 aliphatic carbocycles. The van der Waals surface area contributed by atoms with Gasteiger partial charge in [-0.15, -0.1) is 0 Å². The smallest absolute Gasteiger partial charge is 0.217 e. The number of aromatic nitrogens is 1. The zero-order valence-corrected chi connectivity index (χ0v) is 16.2. The number of fused-ring (bicyclic) bond motifs is 5. The van der Waals surface area contributed by atoms with Crippen molar-refractivity contribution in [2.75, 3.05) is 19.8 Å². The molecule has 150 valence electrons. The molecule has 2 fully saturated rings. The maximum Gasteiger partial charge on any atom is 0.217 e. The number of pyridine rings is 1. The molecule has 4 heterocycles. The largest absolute Gasteiger partial charge is 0.475 e. The lowest BCUT2D eigenvalue weighted by Crippen LogP contribution is -2.48. The molecule has 0 radical (unpaired) electrons. The Balaban J connectivity index is 1.66. The summed E-state index contributed by atoms with van der Waals surface area (Å²) < 4.78 is 12.4. The molecule has 8 nitrogen and oxygen atoms in total. The van der Waals surface area contributed by atoms with Crippen molar-refractivity contribution in [3.05, 3.63) is 33.8 Å². The van der Waals surface area contributed by atoms with Crippen LogP contribution in [0.5, 0.6) is 5.88 Å². The monoisotopic (exact) mass is 385 g/mol. The summed E-state index contributed by atoms with van der Waals surface area (Å²) in [7, 11) is 0. The number of hydrogen-bond donors (Lipinski definition) is 0. The number of ether oxygens (including phenoxy) is 2. The van der Waals surface area contributed by atoms with Crippen LogP contribution >= 0.6 is 0 Å². The first kappa shape index (κ1) is 19.2. The van der Waals surface area contributed by atoms with Crippen LogP contribution in [0.15, 0.2) is 17.4 Å².